The van der Waals surface area contributed by atoms with Crippen molar-refractivity contribution in [1.82, 2.24) is 45.2 Å². The number of nitrogen functional groups attached to an aromatic ring is 3. The number of fused-ring (bicyclic) bond motifs is 3. The second-order valence-electron chi connectivity index (χ2n) is 24.4. The molecule has 0 radical (unpaired) electrons. The number of nitrogens with two attached hydrogens (primary N) is 5. The van der Waals surface area contributed by atoms with Gasteiger partial charge in [0.25, 0.3) is 10.6 Å². The number of aryl methyl sites for hydroxylation is 4. The Balaban J connectivity index is 0. The average Bonchev–Trinajstić information content (AvgIpc) is 0.783. The fourth-order valence-corrected chi connectivity index (χ4v) is 11.0. The van der Waals surface area contributed by atoms with Gasteiger partial charge in [-0.15, -0.1) is 34.9 Å². The van der Waals surface area contributed by atoms with Crippen molar-refractivity contribution in [3.05, 3.63) is 241 Å². The number of ether oxygens (including phenoxy) is 1. The summed E-state index contributed by atoms with van der Waals surface area (Å²) in [6.07, 6.45) is 3.23. The molecule has 5 aromatic carbocycles. The van der Waals surface area contributed by atoms with E-state index in [2.05, 4.69) is 229 Å². The molecule has 0 fully saturated rings. The summed E-state index contributed by atoms with van der Waals surface area (Å²) in [7, 11) is 0.750. The molecule has 114 heavy (non-hydrogen) atoms. The molecule has 4 unspecified atom stereocenters. The summed E-state index contributed by atoms with van der Waals surface area (Å²) >= 11 is 22.7. The third-order valence-electron chi connectivity index (χ3n) is 16.8. The van der Waals surface area contributed by atoms with Gasteiger partial charge in [-0.05, 0) is 238 Å². The Bertz CT molecular complexity index is 4550. The molecule has 4 aromatic heterocycles. The number of aromatic nitrogens is 8. The predicted octanol–water partition coefficient (Wildman–Crippen LogP) is 12.6. The molecule has 9 aromatic rings. The van der Waals surface area contributed by atoms with Crippen LogP contribution in [0.3, 0.4) is 0 Å². The number of rotatable bonds is 7. The Morgan fingerprint density at radius 2 is 1.05 bits per heavy atom. The summed E-state index contributed by atoms with van der Waals surface area (Å²) in [6, 6.07) is 39.4. The number of H-pyrrole nitrogens is 1. The fraction of sp³-hybridized carbons (Fsp3) is 0.347. The number of carbonyl (C=O) groups excluding carboxylic acids is 2. The van der Waals surface area contributed by atoms with Gasteiger partial charge < -0.3 is 64.2 Å². The Morgan fingerprint density at radius 3 is 1.46 bits per heavy atom. The SMILES string of the molecule is CC1NCCc2ccccc21.CCOC(=O)C(C)C(C)=O.C[O-].Cc1nc(N)[nH]c(=O)c1C.Cc1nc(N)nc(Cl)c1C.Cc1nc(N)nc(N2CCc3ccccc3C2C)c1C.Cc1nc(Nc2ccc(F)cc2)nc(N2CCc3ccccc3C2C)c1C.Cl.Cl.Fc1ccc(Br)cc1.N=C(N)N.O=P(Cl)(Cl)Cl.O=[N+]([O-])O.[Na+]. The number of benzene rings is 5. The van der Waals surface area contributed by atoms with Gasteiger partial charge in [-0.25, -0.2) is 33.7 Å². The summed E-state index contributed by atoms with van der Waals surface area (Å²) in [5, 5.41) is 31.8. The molecule has 12 rings (SSSR count). The number of nitrogens with zero attached hydrogens (tertiary/aromatic N) is 10. The van der Waals surface area contributed by atoms with Gasteiger partial charge in [-0.3, -0.25) is 29.3 Å². The first-order valence-electron chi connectivity index (χ1n) is 34.2. The quantitative estimate of drug-likeness (QED) is 0.00815. The van der Waals surface area contributed by atoms with Crippen molar-refractivity contribution in [2.75, 3.05) is 65.7 Å². The maximum absolute atomic E-state index is 13.1. The van der Waals surface area contributed by atoms with E-state index in [0.717, 1.165) is 95.2 Å². The minimum Gasteiger partial charge on any atom is -0.857 e. The molecule has 3 aliphatic heterocycles. The second-order valence-corrected chi connectivity index (χ2v) is 32.4. The van der Waals surface area contributed by atoms with Crippen molar-refractivity contribution in [3.8, 4) is 0 Å². The number of halogens is 9. The zero-order chi connectivity index (χ0) is 84.2. The maximum Gasteiger partial charge on any atom is 1.00 e. The Labute approximate surface area is 726 Å². The maximum atomic E-state index is 13.1. The van der Waals surface area contributed by atoms with Gasteiger partial charge in [0.2, 0.25) is 23.8 Å². The van der Waals surface area contributed by atoms with Gasteiger partial charge in [-0.1, -0.05) is 100 Å². The smallest absolute Gasteiger partial charge is 0.857 e. The van der Waals surface area contributed by atoms with Crippen molar-refractivity contribution >= 4 is 150 Å². The Kier molecular flexibility index (Phi) is 51.7. The van der Waals surface area contributed by atoms with Crippen LogP contribution in [0.4, 0.5) is 49.9 Å². The van der Waals surface area contributed by atoms with E-state index >= 15 is 0 Å². The van der Waals surface area contributed by atoms with Gasteiger partial charge in [0.15, 0.2) is 5.96 Å². The van der Waals surface area contributed by atoms with Crippen molar-refractivity contribution in [3.63, 3.8) is 0 Å². The van der Waals surface area contributed by atoms with E-state index in [-0.39, 0.29) is 101 Å². The normalized spacial score (nSPS) is 13.6. The van der Waals surface area contributed by atoms with Gasteiger partial charge in [0, 0.05) is 74.3 Å². The first-order valence-corrected chi connectivity index (χ1v) is 39.8. The van der Waals surface area contributed by atoms with E-state index in [4.69, 9.17) is 59.6 Å². The van der Waals surface area contributed by atoms with E-state index in [1.165, 1.54) is 71.0 Å². The van der Waals surface area contributed by atoms with E-state index in [0.29, 0.717) is 47.0 Å². The molecule has 7 heterocycles. The second kappa shape index (κ2) is 54.7. The van der Waals surface area contributed by atoms with Crippen molar-refractivity contribution in [2.45, 2.75) is 134 Å². The molecule has 0 aliphatic carbocycles. The van der Waals surface area contributed by atoms with Crippen LogP contribution in [0.1, 0.15) is 138 Å². The number of carbonyl (C=O) groups is 2. The number of aromatic amines is 1. The molecular formula is C75H100BrCl6F2N19NaO9P. The average molecular weight is 1800 g/mol. The van der Waals surface area contributed by atoms with Crippen molar-refractivity contribution < 1.29 is 72.6 Å². The summed E-state index contributed by atoms with van der Waals surface area (Å²) in [6.45, 7) is 29.9. The van der Waals surface area contributed by atoms with Crippen LogP contribution in [0.25, 0.3) is 0 Å². The minimum atomic E-state index is -3.22. The number of guanidine groups is 1. The van der Waals surface area contributed by atoms with Crippen LogP contribution in [0, 0.1) is 88.5 Å². The summed E-state index contributed by atoms with van der Waals surface area (Å²) in [5.74, 6) is 1.22. The zero-order valence-electron chi connectivity index (χ0n) is 66.3. The molecule has 39 heteroatoms. The first kappa shape index (κ1) is 108. The van der Waals surface area contributed by atoms with Crippen LogP contribution in [0.2, 0.25) is 5.15 Å². The fourth-order valence-electron chi connectivity index (χ4n) is 10.5. The van der Waals surface area contributed by atoms with E-state index in [1.807, 2.05) is 27.7 Å². The third-order valence-corrected chi connectivity index (χ3v) is 17.7. The molecule has 0 saturated heterocycles. The van der Waals surface area contributed by atoms with E-state index in [9.17, 15) is 27.7 Å². The third kappa shape index (κ3) is 39.0. The number of esters is 1. The molecule has 4 atom stereocenters. The van der Waals surface area contributed by atoms with Crippen LogP contribution >= 0.6 is 91.3 Å². The van der Waals surface area contributed by atoms with Crippen molar-refractivity contribution in [2.24, 2.45) is 17.4 Å². The van der Waals surface area contributed by atoms with Crippen LogP contribution in [0.5, 0.6) is 0 Å². The Morgan fingerprint density at radius 1 is 0.675 bits per heavy atom. The molecule has 0 bridgehead atoms. The monoisotopic (exact) mass is 1790 g/mol. The molecule has 0 spiro atoms. The zero-order valence-corrected chi connectivity index (χ0v) is 75.4. The number of hydrogen-bond acceptors (Lipinski definition) is 23. The van der Waals surface area contributed by atoms with Gasteiger partial charge in [-0.2, -0.15) is 17.1 Å². The molecule has 15 N–H and O–H groups in total. The van der Waals surface area contributed by atoms with E-state index < -0.39 is 22.2 Å². The molecule has 28 nitrogen and oxygen atoms in total. The number of anilines is 7. The van der Waals surface area contributed by atoms with Gasteiger partial charge in [0.1, 0.15) is 40.1 Å². The summed E-state index contributed by atoms with van der Waals surface area (Å²) in [5.41, 5.74) is 41.6. The van der Waals surface area contributed by atoms with Gasteiger partial charge in [0.05, 0.1) is 18.7 Å². The summed E-state index contributed by atoms with van der Waals surface area (Å²) in [4.78, 5) is 77.3. The number of nitrogens with one attached hydrogen (secondary N) is 4. The Hall–Kier alpha value is -8.14. The molecule has 618 valence electrons. The van der Waals surface area contributed by atoms with Crippen LogP contribution in [0.15, 0.2) is 131 Å². The topological polar surface area (TPSA) is 454 Å². The summed E-state index contributed by atoms with van der Waals surface area (Å²) < 4.78 is 40.2. The molecular weight excluding hydrogens is 1700 g/mol. The minimum absolute atomic E-state index is 0. The number of ketones is 1. The number of Topliss-reactive ketones (excluding diaryl/α,β-unsaturated/α-hetero) is 1. The first-order chi connectivity index (χ1) is 52.0. The van der Waals surface area contributed by atoms with Gasteiger partial charge >= 0.3 is 40.7 Å². The largest absolute Gasteiger partial charge is 1.00 e. The van der Waals surface area contributed by atoms with Crippen LogP contribution in [-0.4, -0.2) is 101 Å². The van der Waals surface area contributed by atoms with Crippen molar-refractivity contribution in [1.29, 1.82) is 5.41 Å². The van der Waals surface area contributed by atoms with Crippen LogP contribution in [-0.2, 0) is 38.2 Å². The van der Waals surface area contributed by atoms with E-state index in [1.54, 1.807) is 52.0 Å². The molecule has 0 saturated carbocycles. The molecule has 0 amide bonds. The van der Waals surface area contributed by atoms with Crippen LogP contribution < -0.4 is 89.3 Å². The molecule has 3 aliphatic rings. The predicted molar refractivity (Wildman–Crippen MR) is 456 cm³/mol. The standard InChI is InChI=1S/C22H23FN4.C16H20N4.C10H13N.C7H12O3.C6H4BrF.C6H8ClN3.C6H9N3O.CH5N3.CH3O.Cl3OP.2ClH.HNO3.Na/c1-14-15(2)24-22(25-19-10-8-18(23)9-11-19)26-21(14)27-13-12-17-6-4-5-7-20(17)16(27)3;1-10-11(2)18-16(17)19-15(10)20-9-8-13-6-4-5-7-14(13)12(20)3;1-8-10-5-3-2-4-9(10)6-7-11-8;1-4-10-7(9)5(2)6(3)8;7-5-1-3-6(8)4-2-5;1-3-4(2)9-6(8)10-5(3)7;1-3-4(2)8-6(7)9-5(3)10;2-1(3)4;1-2;1-5(2,3)4;;;2-1(3)4;/h4-11,16H,12-13H2,1-3H3,(H,24,25,26);4-7,12H,8-9H2,1-3H3,(H2,17,18,19);2-5,8,11H,6-7H2,1H3;5H,4H2,1-3H3;1-4H;1-2H3,(H2,8,9,10);1-2H3,(H3,7,8,9,10);(H5,2,3,4);1H3;;2*1H;(H,2,3,4);/q;;;;;;;;-1;;;;;+1. The number of hydrogen-bond donors (Lipinski definition) is 10.